The van der Waals surface area contributed by atoms with Crippen LogP contribution in [0.25, 0.3) is 10.9 Å². The number of β-amino-alcohol motifs (C(OH)–C–C–N with tert-alkyl or cyclic N) is 1. The third kappa shape index (κ3) is 4.96. The van der Waals surface area contributed by atoms with Crippen molar-refractivity contribution in [1.82, 2.24) is 15.2 Å². The predicted molar refractivity (Wildman–Crippen MR) is 124 cm³/mol. The fourth-order valence-corrected chi connectivity index (χ4v) is 4.15. The van der Waals surface area contributed by atoms with Gasteiger partial charge in [-0.3, -0.25) is 9.59 Å². The molecular weight excluding hydrogens is 423 g/mol. The number of fused-ring (bicyclic) bond motifs is 1. The summed E-state index contributed by atoms with van der Waals surface area (Å²) >= 11 is 0. The van der Waals surface area contributed by atoms with Crippen molar-refractivity contribution in [2.75, 3.05) is 25.5 Å². The number of hydrogen-bond acceptors (Lipinski definition) is 5. The van der Waals surface area contributed by atoms with Crippen LogP contribution < -0.4 is 10.2 Å². The number of likely N-dealkylation sites (tertiary alicyclic amines) is 1. The van der Waals surface area contributed by atoms with Crippen molar-refractivity contribution in [3.63, 3.8) is 0 Å². The molecule has 8 heteroatoms. The Bertz CT molecular complexity index is 1180. The van der Waals surface area contributed by atoms with Crippen LogP contribution in [0, 0.1) is 5.82 Å². The number of pyridine rings is 1. The van der Waals surface area contributed by atoms with Gasteiger partial charge >= 0.3 is 0 Å². The molecule has 1 aromatic heterocycles. The standard InChI is InChI=1S/C25H27FN4O3/c1-29(2)23-11-17(19-8-4-6-10-21(19)28-23)14-27-25(33)22-13-18(31)15-30(22)24(32)12-16-7-3-5-9-20(16)26/h3-11,18,22,31H,12-15H2,1-2H3,(H,27,33). The van der Waals surface area contributed by atoms with Gasteiger partial charge in [-0.15, -0.1) is 0 Å². The van der Waals surface area contributed by atoms with E-state index in [1.165, 1.54) is 11.0 Å². The van der Waals surface area contributed by atoms with Gasteiger partial charge in [0.1, 0.15) is 17.7 Å². The van der Waals surface area contributed by atoms with Gasteiger partial charge in [0.05, 0.1) is 18.0 Å². The maximum Gasteiger partial charge on any atom is 0.243 e. The number of benzene rings is 2. The van der Waals surface area contributed by atoms with E-state index in [-0.39, 0.29) is 43.3 Å². The number of aliphatic hydroxyl groups excluding tert-OH is 1. The number of nitrogens with one attached hydrogen (secondary N) is 1. The number of aromatic nitrogens is 1. The molecule has 2 heterocycles. The molecule has 7 nitrogen and oxygen atoms in total. The molecule has 0 spiro atoms. The van der Waals surface area contributed by atoms with E-state index in [0.29, 0.717) is 0 Å². The van der Waals surface area contributed by atoms with Crippen LogP contribution in [0.2, 0.25) is 0 Å². The van der Waals surface area contributed by atoms with Gasteiger partial charge in [0.15, 0.2) is 0 Å². The van der Waals surface area contributed by atoms with Crippen molar-refractivity contribution in [2.45, 2.75) is 31.5 Å². The van der Waals surface area contributed by atoms with Crippen LogP contribution in [-0.2, 0) is 22.6 Å². The summed E-state index contributed by atoms with van der Waals surface area (Å²) < 4.78 is 14.0. The van der Waals surface area contributed by atoms with E-state index in [0.717, 1.165) is 22.3 Å². The Morgan fingerprint density at radius 1 is 1.15 bits per heavy atom. The van der Waals surface area contributed by atoms with Crippen molar-refractivity contribution in [3.8, 4) is 0 Å². The van der Waals surface area contributed by atoms with Crippen molar-refractivity contribution in [2.24, 2.45) is 0 Å². The van der Waals surface area contributed by atoms with E-state index >= 15 is 0 Å². The number of aliphatic hydroxyl groups is 1. The molecule has 1 fully saturated rings. The fourth-order valence-electron chi connectivity index (χ4n) is 4.15. The van der Waals surface area contributed by atoms with E-state index in [1.807, 2.05) is 49.3 Å². The van der Waals surface area contributed by atoms with E-state index < -0.39 is 18.0 Å². The number of carbonyl (C=O) groups is 2. The second-order valence-corrected chi connectivity index (χ2v) is 8.49. The summed E-state index contributed by atoms with van der Waals surface area (Å²) in [5, 5.41) is 14.0. The topological polar surface area (TPSA) is 85.8 Å². The molecule has 1 aliphatic heterocycles. The van der Waals surface area contributed by atoms with Crippen LogP contribution in [0.1, 0.15) is 17.5 Å². The Balaban J connectivity index is 1.49. The minimum atomic E-state index is -0.805. The molecule has 33 heavy (non-hydrogen) atoms. The normalized spacial score (nSPS) is 17.9. The van der Waals surface area contributed by atoms with Gasteiger partial charge in [-0.2, -0.15) is 0 Å². The lowest BCUT2D eigenvalue weighted by molar-refractivity contribution is -0.138. The highest BCUT2D eigenvalue weighted by Crippen LogP contribution is 2.23. The average molecular weight is 451 g/mol. The average Bonchev–Trinajstić information content (AvgIpc) is 3.20. The molecule has 2 atom stereocenters. The molecule has 0 radical (unpaired) electrons. The SMILES string of the molecule is CN(C)c1cc(CNC(=O)C2CC(O)CN2C(=O)Cc2ccccc2F)c2ccccc2n1. The molecule has 0 aliphatic carbocycles. The number of carbonyl (C=O) groups excluding carboxylic acids is 2. The van der Waals surface area contributed by atoms with Gasteiger partial charge in [-0.25, -0.2) is 9.37 Å². The monoisotopic (exact) mass is 450 g/mol. The predicted octanol–water partition coefficient (Wildman–Crippen LogP) is 2.26. The summed E-state index contributed by atoms with van der Waals surface area (Å²) in [5.74, 6) is -0.425. The quantitative estimate of drug-likeness (QED) is 0.602. The molecule has 2 aromatic carbocycles. The first-order valence-electron chi connectivity index (χ1n) is 10.9. The number of halogens is 1. The van der Waals surface area contributed by atoms with Crippen molar-refractivity contribution in [1.29, 1.82) is 0 Å². The Labute approximate surface area is 191 Å². The minimum absolute atomic E-state index is 0.0499. The first-order valence-corrected chi connectivity index (χ1v) is 10.9. The fraction of sp³-hybridized carbons (Fsp3) is 0.320. The zero-order valence-electron chi connectivity index (χ0n) is 18.7. The molecule has 2 unspecified atom stereocenters. The summed E-state index contributed by atoms with van der Waals surface area (Å²) in [6, 6.07) is 14.9. The van der Waals surface area contributed by atoms with Gasteiger partial charge in [-0.1, -0.05) is 36.4 Å². The third-order valence-corrected chi connectivity index (χ3v) is 5.90. The molecular formula is C25H27FN4O3. The maximum absolute atomic E-state index is 14.0. The van der Waals surface area contributed by atoms with Crippen LogP contribution in [0.5, 0.6) is 0 Å². The van der Waals surface area contributed by atoms with E-state index in [2.05, 4.69) is 10.3 Å². The maximum atomic E-state index is 14.0. The van der Waals surface area contributed by atoms with Gasteiger partial charge < -0.3 is 20.2 Å². The molecule has 172 valence electrons. The molecule has 1 saturated heterocycles. The highest BCUT2D eigenvalue weighted by atomic mass is 19.1. The van der Waals surface area contributed by atoms with Crippen molar-refractivity contribution in [3.05, 3.63) is 71.5 Å². The largest absolute Gasteiger partial charge is 0.391 e. The van der Waals surface area contributed by atoms with Crippen LogP contribution >= 0.6 is 0 Å². The number of amides is 2. The highest BCUT2D eigenvalue weighted by molar-refractivity contribution is 5.90. The zero-order valence-corrected chi connectivity index (χ0v) is 18.7. The second kappa shape index (κ2) is 9.54. The summed E-state index contributed by atoms with van der Waals surface area (Å²) in [6.07, 6.45) is -0.813. The van der Waals surface area contributed by atoms with Crippen LogP contribution in [-0.4, -0.2) is 59.6 Å². The number of hydrogen-bond donors (Lipinski definition) is 2. The van der Waals surface area contributed by atoms with Gasteiger partial charge in [0.2, 0.25) is 11.8 Å². The third-order valence-electron chi connectivity index (χ3n) is 5.90. The number of rotatable bonds is 6. The summed E-state index contributed by atoms with van der Waals surface area (Å²) in [4.78, 5) is 33.8. The molecule has 1 aliphatic rings. The Kier molecular flexibility index (Phi) is 6.55. The summed E-state index contributed by atoms with van der Waals surface area (Å²) in [5.41, 5.74) is 1.99. The first kappa shape index (κ1) is 22.7. The number of anilines is 1. The summed E-state index contributed by atoms with van der Waals surface area (Å²) in [7, 11) is 3.80. The van der Waals surface area contributed by atoms with Crippen LogP contribution in [0.4, 0.5) is 10.2 Å². The molecule has 0 bridgehead atoms. The van der Waals surface area contributed by atoms with Crippen LogP contribution in [0.15, 0.2) is 54.6 Å². The minimum Gasteiger partial charge on any atom is -0.391 e. The highest BCUT2D eigenvalue weighted by Gasteiger charge is 2.38. The lowest BCUT2D eigenvalue weighted by Gasteiger charge is -2.24. The van der Waals surface area contributed by atoms with E-state index in [9.17, 15) is 19.1 Å². The van der Waals surface area contributed by atoms with Gasteiger partial charge in [-0.05, 0) is 29.3 Å². The lowest BCUT2D eigenvalue weighted by Crippen LogP contribution is -2.46. The Morgan fingerprint density at radius 2 is 1.88 bits per heavy atom. The van der Waals surface area contributed by atoms with Crippen molar-refractivity contribution >= 4 is 28.5 Å². The van der Waals surface area contributed by atoms with Crippen molar-refractivity contribution < 1.29 is 19.1 Å². The van der Waals surface area contributed by atoms with Crippen LogP contribution in [0.3, 0.4) is 0 Å². The van der Waals surface area contributed by atoms with Gasteiger partial charge in [0, 0.05) is 39.0 Å². The molecule has 2 N–H and O–H groups in total. The number of para-hydroxylation sites is 1. The van der Waals surface area contributed by atoms with E-state index in [1.54, 1.807) is 18.2 Å². The van der Waals surface area contributed by atoms with E-state index in [4.69, 9.17) is 0 Å². The smallest absolute Gasteiger partial charge is 0.243 e. The zero-order chi connectivity index (χ0) is 23.5. The second-order valence-electron chi connectivity index (χ2n) is 8.49. The molecule has 3 aromatic rings. The molecule has 2 amide bonds. The molecule has 4 rings (SSSR count). The van der Waals surface area contributed by atoms with Gasteiger partial charge in [0.25, 0.3) is 0 Å². The lowest BCUT2D eigenvalue weighted by atomic mass is 10.1. The Morgan fingerprint density at radius 3 is 2.64 bits per heavy atom. The summed E-state index contributed by atoms with van der Waals surface area (Å²) in [6.45, 7) is 0.305. The molecule has 0 saturated carbocycles. The number of nitrogens with zero attached hydrogens (tertiary/aromatic N) is 3. The first-order chi connectivity index (χ1) is 15.8. The Hall–Kier alpha value is -3.52.